The summed E-state index contributed by atoms with van der Waals surface area (Å²) < 4.78 is 13.2. The van der Waals surface area contributed by atoms with E-state index < -0.39 is 17.5 Å². The van der Waals surface area contributed by atoms with Crippen LogP contribution in [0.15, 0.2) is 48.5 Å². The molecule has 6 nitrogen and oxygen atoms in total. The van der Waals surface area contributed by atoms with Crippen LogP contribution in [-0.2, 0) is 17.8 Å². The topological polar surface area (TPSA) is 89.5 Å². The predicted octanol–water partition coefficient (Wildman–Crippen LogP) is 2.58. The summed E-state index contributed by atoms with van der Waals surface area (Å²) in [5.74, 6) is -0.652. The lowest BCUT2D eigenvalue weighted by atomic mass is 9.73. The maximum Gasteiger partial charge on any atom is 0.313 e. The molecule has 3 N–H and O–H groups in total. The van der Waals surface area contributed by atoms with Gasteiger partial charge in [0, 0.05) is 13.1 Å². The van der Waals surface area contributed by atoms with Crippen LogP contribution in [0.5, 0.6) is 0 Å². The normalized spacial score (nSPS) is 23.1. The van der Waals surface area contributed by atoms with Crippen LogP contribution in [0.4, 0.5) is 4.39 Å². The number of H-pyrrole nitrogens is 1. The Morgan fingerprint density at radius 1 is 1.25 bits per heavy atom. The van der Waals surface area contributed by atoms with Crippen molar-refractivity contribution in [1.82, 2.24) is 14.9 Å². The Morgan fingerprint density at radius 2 is 2.00 bits per heavy atom. The molecule has 0 radical (unpaired) electrons. The number of carbonyl (C=O) groups is 1. The number of aromatic nitrogens is 2. The molecule has 28 heavy (non-hydrogen) atoms. The minimum atomic E-state index is -1.35. The Bertz CT molecular complexity index is 955. The van der Waals surface area contributed by atoms with Crippen molar-refractivity contribution < 1.29 is 19.4 Å². The highest BCUT2D eigenvalue weighted by molar-refractivity contribution is 5.77. The highest BCUT2D eigenvalue weighted by atomic mass is 19.1. The van der Waals surface area contributed by atoms with E-state index in [0.29, 0.717) is 25.1 Å². The third kappa shape index (κ3) is 3.50. The number of para-hydroxylation sites is 2. The second-order valence-electron chi connectivity index (χ2n) is 7.48. The Balaban J connectivity index is 1.57. The van der Waals surface area contributed by atoms with Gasteiger partial charge in [-0.3, -0.25) is 9.69 Å². The summed E-state index contributed by atoms with van der Waals surface area (Å²) >= 11 is 0. The maximum atomic E-state index is 13.2. The number of benzene rings is 2. The van der Waals surface area contributed by atoms with E-state index in [1.165, 1.54) is 12.1 Å². The summed E-state index contributed by atoms with van der Waals surface area (Å²) in [5, 5.41) is 20.6. The van der Waals surface area contributed by atoms with E-state index in [1.54, 1.807) is 12.1 Å². The number of nitrogens with zero attached hydrogens (tertiary/aromatic N) is 2. The minimum absolute atomic E-state index is 0.139. The van der Waals surface area contributed by atoms with Gasteiger partial charge in [0.1, 0.15) is 17.1 Å². The molecule has 0 unspecified atom stereocenters. The standard InChI is InChI=1S/C21H22FN3O3/c22-15-7-5-14(6-8-15)11-21(20(27)28)13-25(10-9-18(21)26)12-19-23-16-3-1-2-4-17(16)24-19/h1-8,18,26H,9-13H2,(H,23,24)(H,27,28)/t18-,21-/m1/s1. The molecule has 1 aliphatic heterocycles. The van der Waals surface area contributed by atoms with Crippen molar-refractivity contribution >= 4 is 17.0 Å². The Kier molecular flexibility index (Phi) is 4.87. The molecule has 0 bridgehead atoms. The summed E-state index contributed by atoms with van der Waals surface area (Å²) in [5.41, 5.74) is 1.14. The summed E-state index contributed by atoms with van der Waals surface area (Å²) in [6, 6.07) is 13.5. The number of piperidine rings is 1. The van der Waals surface area contributed by atoms with Gasteiger partial charge in [-0.2, -0.15) is 0 Å². The maximum absolute atomic E-state index is 13.2. The summed E-state index contributed by atoms with van der Waals surface area (Å²) in [7, 11) is 0. The largest absolute Gasteiger partial charge is 0.481 e. The molecule has 0 saturated carbocycles. The number of halogens is 1. The quantitative estimate of drug-likeness (QED) is 0.630. The van der Waals surface area contributed by atoms with Crippen LogP contribution in [-0.4, -0.2) is 50.2 Å². The van der Waals surface area contributed by atoms with E-state index in [2.05, 4.69) is 9.97 Å². The first-order chi connectivity index (χ1) is 13.5. The van der Waals surface area contributed by atoms with Crippen LogP contribution < -0.4 is 0 Å². The van der Waals surface area contributed by atoms with E-state index in [4.69, 9.17) is 0 Å². The fourth-order valence-corrected chi connectivity index (χ4v) is 4.02. The van der Waals surface area contributed by atoms with Crippen molar-refractivity contribution in [3.05, 3.63) is 65.7 Å². The van der Waals surface area contributed by atoms with Crippen molar-refractivity contribution in [1.29, 1.82) is 0 Å². The van der Waals surface area contributed by atoms with Crippen molar-refractivity contribution in [2.45, 2.75) is 25.5 Å². The van der Waals surface area contributed by atoms with E-state index in [1.807, 2.05) is 29.2 Å². The molecular weight excluding hydrogens is 361 g/mol. The van der Waals surface area contributed by atoms with Gasteiger partial charge in [-0.1, -0.05) is 24.3 Å². The molecule has 1 fully saturated rings. The molecule has 146 valence electrons. The average Bonchev–Trinajstić information content (AvgIpc) is 3.08. The van der Waals surface area contributed by atoms with Crippen molar-refractivity contribution in [2.24, 2.45) is 5.41 Å². The molecular formula is C21H22FN3O3. The number of aromatic amines is 1. The molecule has 0 amide bonds. The number of hydrogen-bond acceptors (Lipinski definition) is 4. The Hall–Kier alpha value is -2.77. The molecule has 2 heterocycles. The van der Waals surface area contributed by atoms with E-state index >= 15 is 0 Å². The van der Waals surface area contributed by atoms with Crippen LogP contribution in [0.1, 0.15) is 17.8 Å². The van der Waals surface area contributed by atoms with Gasteiger partial charge in [-0.25, -0.2) is 9.37 Å². The monoisotopic (exact) mass is 383 g/mol. The first kappa shape index (κ1) is 18.6. The van der Waals surface area contributed by atoms with Gasteiger partial charge in [-0.15, -0.1) is 0 Å². The lowest BCUT2D eigenvalue weighted by molar-refractivity contribution is -0.163. The summed E-state index contributed by atoms with van der Waals surface area (Å²) in [4.78, 5) is 22.0. The van der Waals surface area contributed by atoms with Crippen molar-refractivity contribution in [2.75, 3.05) is 13.1 Å². The number of fused-ring (bicyclic) bond motifs is 1. The Labute approximate surface area is 161 Å². The predicted molar refractivity (Wildman–Crippen MR) is 102 cm³/mol. The molecule has 7 heteroatoms. The molecule has 1 aromatic heterocycles. The van der Waals surface area contributed by atoms with Gasteiger partial charge in [0.2, 0.25) is 0 Å². The number of imidazole rings is 1. The third-order valence-corrected chi connectivity index (χ3v) is 5.53. The van der Waals surface area contributed by atoms with Crippen LogP contribution in [0.2, 0.25) is 0 Å². The molecule has 2 atom stereocenters. The molecule has 0 aliphatic carbocycles. The van der Waals surface area contributed by atoms with Gasteiger partial charge in [-0.05, 0) is 42.7 Å². The van der Waals surface area contributed by atoms with Crippen LogP contribution >= 0.6 is 0 Å². The number of aliphatic hydroxyl groups is 1. The van der Waals surface area contributed by atoms with Gasteiger partial charge < -0.3 is 15.2 Å². The minimum Gasteiger partial charge on any atom is -0.481 e. The van der Waals surface area contributed by atoms with E-state index in [9.17, 15) is 19.4 Å². The molecule has 4 rings (SSSR count). The van der Waals surface area contributed by atoms with E-state index in [-0.39, 0.29) is 18.8 Å². The highest BCUT2D eigenvalue weighted by Crippen LogP contribution is 2.35. The van der Waals surface area contributed by atoms with Crippen molar-refractivity contribution in [3.8, 4) is 0 Å². The van der Waals surface area contributed by atoms with Gasteiger partial charge in [0.25, 0.3) is 0 Å². The number of carboxylic acid groups (broad SMARTS) is 1. The van der Waals surface area contributed by atoms with Crippen LogP contribution in [0, 0.1) is 11.2 Å². The number of likely N-dealkylation sites (tertiary alicyclic amines) is 1. The Morgan fingerprint density at radius 3 is 2.71 bits per heavy atom. The van der Waals surface area contributed by atoms with Crippen LogP contribution in [0.3, 0.4) is 0 Å². The fraction of sp³-hybridized carbons (Fsp3) is 0.333. The second kappa shape index (κ2) is 7.33. The third-order valence-electron chi connectivity index (χ3n) is 5.53. The average molecular weight is 383 g/mol. The van der Waals surface area contributed by atoms with Gasteiger partial charge in [0.15, 0.2) is 0 Å². The number of aliphatic hydroxyl groups excluding tert-OH is 1. The first-order valence-electron chi connectivity index (χ1n) is 9.28. The highest BCUT2D eigenvalue weighted by Gasteiger charge is 2.49. The lowest BCUT2D eigenvalue weighted by Crippen LogP contribution is -2.56. The van der Waals surface area contributed by atoms with Gasteiger partial charge in [0.05, 0.1) is 23.7 Å². The summed E-state index contributed by atoms with van der Waals surface area (Å²) in [6.07, 6.45) is -0.476. The summed E-state index contributed by atoms with van der Waals surface area (Å²) in [6.45, 7) is 1.24. The number of aliphatic carboxylic acids is 1. The zero-order valence-electron chi connectivity index (χ0n) is 15.3. The molecule has 1 aliphatic rings. The first-order valence-corrected chi connectivity index (χ1v) is 9.28. The molecule has 1 saturated heterocycles. The number of carboxylic acids is 1. The number of nitrogens with one attached hydrogen (secondary N) is 1. The smallest absolute Gasteiger partial charge is 0.313 e. The molecule has 0 spiro atoms. The van der Waals surface area contributed by atoms with Crippen molar-refractivity contribution in [3.63, 3.8) is 0 Å². The van der Waals surface area contributed by atoms with Gasteiger partial charge >= 0.3 is 5.97 Å². The lowest BCUT2D eigenvalue weighted by Gasteiger charge is -2.43. The zero-order chi connectivity index (χ0) is 19.7. The number of hydrogen-bond donors (Lipinski definition) is 3. The van der Waals surface area contributed by atoms with E-state index in [0.717, 1.165) is 16.9 Å². The molecule has 2 aromatic carbocycles. The fourth-order valence-electron chi connectivity index (χ4n) is 4.02. The number of rotatable bonds is 5. The SMILES string of the molecule is O=C(O)[C@]1(Cc2ccc(F)cc2)CN(Cc2nc3ccccc3[nH]2)CC[C@H]1O. The van der Waals surface area contributed by atoms with Crippen LogP contribution in [0.25, 0.3) is 11.0 Å². The zero-order valence-corrected chi connectivity index (χ0v) is 15.3. The second-order valence-corrected chi connectivity index (χ2v) is 7.48. The molecule has 3 aromatic rings.